The molecule has 3 aromatic rings. The summed E-state index contributed by atoms with van der Waals surface area (Å²) in [6.45, 7) is 1.59. The van der Waals surface area contributed by atoms with Gasteiger partial charge in [0.1, 0.15) is 10.8 Å². The molecule has 1 heterocycles. The van der Waals surface area contributed by atoms with Gasteiger partial charge in [0.05, 0.1) is 7.11 Å². The van der Waals surface area contributed by atoms with Crippen molar-refractivity contribution in [2.75, 3.05) is 19.0 Å². The van der Waals surface area contributed by atoms with Crippen LogP contribution in [0.1, 0.15) is 16.1 Å². The molecule has 2 aromatic carbocycles. The lowest BCUT2D eigenvalue weighted by atomic mass is 10.2. The second kappa shape index (κ2) is 8.46. The molecule has 0 aliphatic heterocycles. The first-order valence-corrected chi connectivity index (χ1v) is 9.07. The predicted octanol–water partition coefficient (Wildman–Crippen LogP) is 3.92. The SMILES string of the molecule is COc1ccc(-c2nc(C(=O)OCC(=O)Nc3ccc(C)cc3)cs2)cc1. The van der Waals surface area contributed by atoms with Crippen molar-refractivity contribution >= 4 is 28.9 Å². The van der Waals surface area contributed by atoms with E-state index in [2.05, 4.69) is 10.3 Å². The van der Waals surface area contributed by atoms with Gasteiger partial charge in [-0.3, -0.25) is 4.79 Å². The third kappa shape index (κ3) is 4.92. The van der Waals surface area contributed by atoms with Gasteiger partial charge in [-0.2, -0.15) is 0 Å². The Morgan fingerprint density at radius 2 is 1.78 bits per heavy atom. The van der Waals surface area contributed by atoms with Gasteiger partial charge in [0.2, 0.25) is 0 Å². The Morgan fingerprint density at radius 1 is 1.07 bits per heavy atom. The van der Waals surface area contributed by atoms with E-state index in [4.69, 9.17) is 9.47 Å². The molecule has 27 heavy (non-hydrogen) atoms. The molecule has 6 nitrogen and oxygen atoms in total. The Hall–Kier alpha value is -3.19. The van der Waals surface area contributed by atoms with Crippen molar-refractivity contribution in [3.05, 3.63) is 65.2 Å². The number of carbonyl (C=O) groups excluding carboxylic acids is 2. The van der Waals surface area contributed by atoms with Crippen molar-refractivity contribution in [3.8, 4) is 16.3 Å². The molecule has 0 saturated carbocycles. The van der Waals surface area contributed by atoms with Crippen LogP contribution in [0.5, 0.6) is 5.75 Å². The number of methoxy groups -OCH3 is 1. The van der Waals surface area contributed by atoms with Crippen LogP contribution in [0.4, 0.5) is 5.69 Å². The zero-order chi connectivity index (χ0) is 19.2. The standard InChI is InChI=1S/C20H18N2O4S/c1-13-3-7-15(8-4-13)21-18(23)11-26-20(24)17-12-27-19(22-17)14-5-9-16(25-2)10-6-14/h3-10,12H,11H2,1-2H3,(H,21,23). The van der Waals surface area contributed by atoms with Gasteiger partial charge in [-0.15, -0.1) is 11.3 Å². The summed E-state index contributed by atoms with van der Waals surface area (Å²) in [6.07, 6.45) is 0. The Bertz CT molecular complexity index is 933. The van der Waals surface area contributed by atoms with Crippen molar-refractivity contribution in [3.63, 3.8) is 0 Å². The van der Waals surface area contributed by atoms with Crippen LogP contribution in [-0.4, -0.2) is 30.6 Å². The van der Waals surface area contributed by atoms with Gasteiger partial charge in [0.15, 0.2) is 12.3 Å². The van der Waals surface area contributed by atoms with Crippen LogP contribution in [0.2, 0.25) is 0 Å². The average Bonchev–Trinajstić information content (AvgIpc) is 3.18. The van der Waals surface area contributed by atoms with Crippen LogP contribution >= 0.6 is 11.3 Å². The normalized spacial score (nSPS) is 10.3. The number of esters is 1. The second-order valence-electron chi connectivity index (χ2n) is 5.76. The highest BCUT2D eigenvalue weighted by Crippen LogP contribution is 2.25. The first-order chi connectivity index (χ1) is 13.0. The summed E-state index contributed by atoms with van der Waals surface area (Å²) >= 11 is 1.33. The molecule has 0 radical (unpaired) electrons. The summed E-state index contributed by atoms with van der Waals surface area (Å²) in [5, 5.41) is 4.97. The number of ether oxygens (including phenoxy) is 2. The Labute approximate surface area is 160 Å². The molecule has 0 saturated heterocycles. The number of nitrogens with one attached hydrogen (secondary N) is 1. The molecule has 1 aromatic heterocycles. The maximum Gasteiger partial charge on any atom is 0.358 e. The molecule has 0 spiro atoms. The lowest BCUT2D eigenvalue weighted by Gasteiger charge is -2.06. The highest BCUT2D eigenvalue weighted by atomic mass is 32.1. The van der Waals surface area contributed by atoms with Gasteiger partial charge in [-0.1, -0.05) is 17.7 Å². The van der Waals surface area contributed by atoms with E-state index in [-0.39, 0.29) is 12.3 Å². The van der Waals surface area contributed by atoms with E-state index in [9.17, 15) is 9.59 Å². The van der Waals surface area contributed by atoms with E-state index in [1.54, 1.807) is 24.6 Å². The van der Waals surface area contributed by atoms with Crippen molar-refractivity contribution in [1.82, 2.24) is 4.98 Å². The Kier molecular flexibility index (Phi) is 5.83. The van der Waals surface area contributed by atoms with Crippen molar-refractivity contribution in [2.24, 2.45) is 0 Å². The minimum Gasteiger partial charge on any atom is -0.497 e. The number of carbonyl (C=O) groups is 2. The summed E-state index contributed by atoms with van der Waals surface area (Å²) in [4.78, 5) is 28.3. The molecule has 138 valence electrons. The molecule has 7 heteroatoms. The number of thiazole rings is 1. The molecule has 0 aliphatic carbocycles. The van der Waals surface area contributed by atoms with Crippen LogP contribution in [-0.2, 0) is 9.53 Å². The fourth-order valence-corrected chi connectivity index (χ4v) is 3.07. The fraction of sp³-hybridized carbons (Fsp3) is 0.150. The van der Waals surface area contributed by atoms with Gasteiger partial charge in [-0.25, -0.2) is 9.78 Å². The molecule has 1 amide bonds. The molecule has 0 fully saturated rings. The lowest BCUT2D eigenvalue weighted by molar-refractivity contribution is -0.119. The van der Waals surface area contributed by atoms with Gasteiger partial charge >= 0.3 is 5.97 Å². The van der Waals surface area contributed by atoms with E-state index in [0.29, 0.717) is 10.7 Å². The summed E-state index contributed by atoms with van der Waals surface area (Å²) in [7, 11) is 1.60. The summed E-state index contributed by atoms with van der Waals surface area (Å²) in [5.41, 5.74) is 2.79. The largest absolute Gasteiger partial charge is 0.497 e. The fourth-order valence-electron chi connectivity index (χ4n) is 2.27. The number of aryl methyl sites for hydroxylation is 1. The smallest absolute Gasteiger partial charge is 0.358 e. The Morgan fingerprint density at radius 3 is 2.44 bits per heavy atom. The first kappa shape index (κ1) is 18.6. The molecule has 3 rings (SSSR count). The monoisotopic (exact) mass is 382 g/mol. The zero-order valence-corrected chi connectivity index (χ0v) is 15.7. The quantitative estimate of drug-likeness (QED) is 0.654. The average molecular weight is 382 g/mol. The number of hydrogen-bond acceptors (Lipinski definition) is 6. The van der Waals surface area contributed by atoms with E-state index in [1.165, 1.54) is 11.3 Å². The topological polar surface area (TPSA) is 77.5 Å². The van der Waals surface area contributed by atoms with Crippen LogP contribution in [0, 0.1) is 6.92 Å². The molecular weight excluding hydrogens is 364 g/mol. The van der Waals surface area contributed by atoms with Crippen LogP contribution in [0.25, 0.3) is 10.6 Å². The summed E-state index contributed by atoms with van der Waals surface area (Å²) in [5.74, 6) is -0.294. The lowest BCUT2D eigenvalue weighted by Crippen LogP contribution is -2.21. The number of aromatic nitrogens is 1. The van der Waals surface area contributed by atoms with Gasteiger partial charge in [0, 0.05) is 16.6 Å². The van der Waals surface area contributed by atoms with E-state index in [1.807, 2.05) is 43.3 Å². The maximum atomic E-state index is 12.1. The number of amides is 1. The summed E-state index contributed by atoms with van der Waals surface area (Å²) in [6, 6.07) is 14.7. The summed E-state index contributed by atoms with van der Waals surface area (Å²) < 4.78 is 10.2. The third-order valence-corrected chi connectivity index (χ3v) is 4.61. The maximum absolute atomic E-state index is 12.1. The molecule has 0 bridgehead atoms. The van der Waals surface area contributed by atoms with Gasteiger partial charge in [-0.05, 0) is 43.3 Å². The van der Waals surface area contributed by atoms with Crippen LogP contribution < -0.4 is 10.1 Å². The number of rotatable bonds is 6. The van der Waals surface area contributed by atoms with Gasteiger partial charge < -0.3 is 14.8 Å². The minimum atomic E-state index is -0.634. The molecule has 0 atom stereocenters. The minimum absolute atomic E-state index is 0.175. The van der Waals surface area contributed by atoms with Crippen molar-refractivity contribution < 1.29 is 19.1 Å². The molecule has 0 aliphatic rings. The Balaban J connectivity index is 1.55. The molecular formula is C20H18N2O4S. The molecule has 0 unspecified atom stereocenters. The highest BCUT2D eigenvalue weighted by Gasteiger charge is 2.15. The van der Waals surface area contributed by atoms with E-state index in [0.717, 1.165) is 16.9 Å². The number of nitrogens with zero attached hydrogens (tertiary/aromatic N) is 1. The first-order valence-electron chi connectivity index (χ1n) is 8.19. The number of benzene rings is 2. The number of anilines is 1. The third-order valence-electron chi connectivity index (χ3n) is 3.72. The van der Waals surface area contributed by atoms with Crippen LogP contribution in [0.3, 0.4) is 0 Å². The van der Waals surface area contributed by atoms with Crippen molar-refractivity contribution in [2.45, 2.75) is 6.92 Å². The number of hydrogen-bond donors (Lipinski definition) is 1. The van der Waals surface area contributed by atoms with Crippen molar-refractivity contribution in [1.29, 1.82) is 0 Å². The predicted molar refractivity (Wildman–Crippen MR) is 104 cm³/mol. The van der Waals surface area contributed by atoms with E-state index >= 15 is 0 Å². The molecule has 1 N–H and O–H groups in total. The van der Waals surface area contributed by atoms with Gasteiger partial charge in [0.25, 0.3) is 5.91 Å². The van der Waals surface area contributed by atoms with E-state index < -0.39 is 11.9 Å². The highest BCUT2D eigenvalue weighted by molar-refractivity contribution is 7.13. The second-order valence-corrected chi connectivity index (χ2v) is 6.61. The van der Waals surface area contributed by atoms with Crippen LogP contribution in [0.15, 0.2) is 53.9 Å². The zero-order valence-electron chi connectivity index (χ0n) is 14.9.